The number of ether oxygens (including phenoxy) is 4. The van der Waals surface area contributed by atoms with Crippen LogP contribution in [0.3, 0.4) is 0 Å². The summed E-state index contributed by atoms with van der Waals surface area (Å²) in [5, 5.41) is 1.27. The van der Waals surface area contributed by atoms with Crippen LogP contribution in [0.15, 0.2) is 23.1 Å². The highest BCUT2D eigenvalue weighted by atomic mass is 32.2. The van der Waals surface area contributed by atoms with Crippen molar-refractivity contribution in [1.82, 2.24) is 0 Å². The number of rotatable bonds is 7. The summed E-state index contributed by atoms with van der Waals surface area (Å²) >= 11 is 0. The number of carbonyl (C=O) groups is 1. The highest BCUT2D eigenvalue weighted by Gasteiger charge is 2.25. The number of carbonyl (C=O) groups excluding carboxylic acids is 1. The van der Waals surface area contributed by atoms with Gasteiger partial charge >= 0.3 is 5.97 Å². The van der Waals surface area contributed by atoms with Crippen LogP contribution in [-0.4, -0.2) is 37.3 Å². The fourth-order valence-corrected chi connectivity index (χ4v) is 3.05. The zero-order valence-corrected chi connectivity index (χ0v) is 15.8. The summed E-state index contributed by atoms with van der Waals surface area (Å²) < 4.78 is 34.0. The Morgan fingerprint density at radius 3 is 2.20 bits per heavy atom. The van der Waals surface area contributed by atoms with E-state index in [-0.39, 0.29) is 11.5 Å². The molecule has 0 bridgehead atoms. The van der Waals surface area contributed by atoms with Gasteiger partial charge in [0.2, 0.25) is 11.5 Å². The van der Waals surface area contributed by atoms with Gasteiger partial charge < -0.3 is 18.9 Å². The molecule has 0 N–H and O–H groups in total. The fraction of sp³-hybridized carbons (Fsp3) is 0.389. The van der Waals surface area contributed by atoms with E-state index in [1.54, 1.807) is 24.5 Å². The average molecular weight is 366 g/mol. The molecule has 136 valence electrons. The predicted molar refractivity (Wildman–Crippen MR) is 96.5 cm³/mol. The lowest BCUT2D eigenvalue weighted by Crippen LogP contribution is -2.07. The lowest BCUT2D eigenvalue weighted by atomic mass is 10.1. The van der Waals surface area contributed by atoms with Gasteiger partial charge in [-0.1, -0.05) is 6.92 Å². The van der Waals surface area contributed by atoms with Crippen molar-refractivity contribution in [3.05, 3.63) is 18.2 Å². The monoisotopic (exact) mass is 366 g/mol. The summed E-state index contributed by atoms with van der Waals surface area (Å²) in [5.41, 5.74) is 0. The van der Waals surface area contributed by atoms with E-state index in [4.69, 9.17) is 18.9 Å². The molecule has 0 aromatic heterocycles. The van der Waals surface area contributed by atoms with E-state index in [2.05, 4.69) is 0 Å². The van der Waals surface area contributed by atoms with Gasteiger partial charge in [-0.2, -0.15) is 0 Å². The Balaban J connectivity index is 2.90. The van der Waals surface area contributed by atoms with Crippen molar-refractivity contribution in [2.45, 2.75) is 25.2 Å². The Labute approximate surface area is 149 Å². The molecule has 1 atom stereocenters. The summed E-state index contributed by atoms with van der Waals surface area (Å²) in [6.45, 7) is 3.79. The standard InChI is InChI=1S/C18H22O6S/c1-6-9-23-15-13-8-7-12(25(5)20)10-14(13)16(24-11(2)19)18(22-4)17(15)21-3/h7-8,10H,6,9H2,1-5H3. The number of benzene rings is 2. The minimum absolute atomic E-state index is 0.220. The summed E-state index contributed by atoms with van der Waals surface area (Å²) in [6, 6.07) is 5.25. The van der Waals surface area contributed by atoms with E-state index in [0.29, 0.717) is 33.8 Å². The highest BCUT2D eigenvalue weighted by Crippen LogP contribution is 2.51. The van der Waals surface area contributed by atoms with E-state index in [1.807, 2.05) is 6.92 Å². The van der Waals surface area contributed by atoms with Crippen molar-refractivity contribution < 1.29 is 28.0 Å². The van der Waals surface area contributed by atoms with Crippen molar-refractivity contribution in [2.75, 3.05) is 27.1 Å². The number of hydrogen-bond acceptors (Lipinski definition) is 6. The van der Waals surface area contributed by atoms with Gasteiger partial charge in [0.1, 0.15) is 0 Å². The van der Waals surface area contributed by atoms with Crippen molar-refractivity contribution >= 4 is 27.5 Å². The van der Waals surface area contributed by atoms with Gasteiger partial charge in [-0.3, -0.25) is 9.00 Å². The molecule has 0 aliphatic rings. The second kappa shape index (κ2) is 8.20. The van der Waals surface area contributed by atoms with Crippen LogP contribution in [0, 0.1) is 0 Å². The fourth-order valence-electron chi connectivity index (χ4n) is 2.50. The Bertz CT molecular complexity index is 815. The van der Waals surface area contributed by atoms with Gasteiger partial charge in [0, 0.05) is 39.6 Å². The molecule has 0 fully saturated rings. The van der Waals surface area contributed by atoms with Crippen LogP contribution in [-0.2, 0) is 15.6 Å². The second-order valence-electron chi connectivity index (χ2n) is 5.33. The topological polar surface area (TPSA) is 71.1 Å². The van der Waals surface area contributed by atoms with Gasteiger partial charge in [0.25, 0.3) is 0 Å². The Morgan fingerprint density at radius 2 is 1.68 bits per heavy atom. The first-order valence-corrected chi connectivity index (χ1v) is 9.36. The van der Waals surface area contributed by atoms with Crippen molar-refractivity contribution in [3.63, 3.8) is 0 Å². The summed E-state index contributed by atoms with van der Waals surface area (Å²) in [4.78, 5) is 12.2. The molecule has 0 saturated heterocycles. The molecule has 1 unspecified atom stereocenters. The molecule has 25 heavy (non-hydrogen) atoms. The quantitative estimate of drug-likeness (QED) is 0.553. The molecule has 7 heteroatoms. The maximum Gasteiger partial charge on any atom is 0.308 e. The van der Waals surface area contributed by atoms with Gasteiger partial charge in [-0.25, -0.2) is 0 Å². The van der Waals surface area contributed by atoms with Crippen LogP contribution < -0.4 is 18.9 Å². The first-order chi connectivity index (χ1) is 11.9. The van der Waals surface area contributed by atoms with E-state index < -0.39 is 16.8 Å². The van der Waals surface area contributed by atoms with Gasteiger partial charge in [0.15, 0.2) is 11.5 Å². The minimum atomic E-state index is -1.19. The Morgan fingerprint density at radius 1 is 1.04 bits per heavy atom. The van der Waals surface area contributed by atoms with Crippen LogP contribution >= 0.6 is 0 Å². The lowest BCUT2D eigenvalue weighted by molar-refractivity contribution is -0.131. The number of esters is 1. The largest absolute Gasteiger partial charge is 0.490 e. The number of methoxy groups -OCH3 is 2. The van der Waals surface area contributed by atoms with Gasteiger partial charge in [0.05, 0.1) is 20.8 Å². The zero-order chi connectivity index (χ0) is 18.6. The zero-order valence-electron chi connectivity index (χ0n) is 15.0. The SMILES string of the molecule is CCCOc1c(OC)c(OC)c(OC(C)=O)c2cc(S(C)=O)ccc12. The summed E-state index contributed by atoms with van der Waals surface area (Å²) in [5.74, 6) is 0.839. The lowest BCUT2D eigenvalue weighted by Gasteiger charge is -2.20. The molecule has 0 saturated carbocycles. The number of hydrogen-bond donors (Lipinski definition) is 0. The second-order valence-corrected chi connectivity index (χ2v) is 6.71. The molecule has 2 aromatic carbocycles. The third kappa shape index (κ3) is 3.87. The van der Waals surface area contributed by atoms with E-state index in [9.17, 15) is 9.00 Å². The average Bonchev–Trinajstić information content (AvgIpc) is 2.59. The van der Waals surface area contributed by atoms with Crippen molar-refractivity contribution in [2.24, 2.45) is 0 Å². The normalized spacial score (nSPS) is 11.9. The van der Waals surface area contributed by atoms with Crippen LogP contribution in [0.5, 0.6) is 23.0 Å². The van der Waals surface area contributed by atoms with E-state index in [1.165, 1.54) is 21.1 Å². The first-order valence-electron chi connectivity index (χ1n) is 7.80. The predicted octanol–water partition coefficient (Wildman–Crippen LogP) is 3.31. The van der Waals surface area contributed by atoms with Crippen LogP contribution in [0.4, 0.5) is 0 Å². The van der Waals surface area contributed by atoms with Crippen molar-refractivity contribution in [1.29, 1.82) is 0 Å². The Hall–Kier alpha value is -2.28. The molecule has 2 rings (SSSR count). The third-order valence-electron chi connectivity index (χ3n) is 3.54. The smallest absolute Gasteiger partial charge is 0.308 e. The van der Waals surface area contributed by atoms with Crippen LogP contribution in [0.25, 0.3) is 10.8 Å². The first kappa shape index (κ1) is 19.1. The van der Waals surface area contributed by atoms with Crippen LogP contribution in [0.1, 0.15) is 20.3 Å². The molecule has 0 radical (unpaired) electrons. The van der Waals surface area contributed by atoms with E-state index >= 15 is 0 Å². The molecule has 6 nitrogen and oxygen atoms in total. The molecule has 0 heterocycles. The maximum absolute atomic E-state index is 11.9. The highest BCUT2D eigenvalue weighted by molar-refractivity contribution is 7.84. The van der Waals surface area contributed by atoms with Gasteiger partial charge in [-0.05, 0) is 24.6 Å². The van der Waals surface area contributed by atoms with Gasteiger partial charge in [-0.15, -0.1) is 0 Å². The molecule has 0 aliphatic carbocycles. The molecule has 2 aromatic rings. The van der Waals surface area contributed by atoms with Crippen LogP contribution in [0.2, 0.25) is 0 Å². The number of fused-ring (bicyclic) bond motifs is 1. The molecule has 0 aliphatic heterocycles. The third-order valence-corrected chi connectivity index (χ3v) is 4.45. The Kier molecular flexibility index (Phi) is 6.25. The molecular weight excluding hydrogens is 344 g/mol. The van der Waals surface area contributed by atoms with Crippen molar-refractivity contribution in [3.8, 4) is 23.0 Å². The molecule has 0 spiro atoms. The molecule has 0 amide bonds. The maximum atomic E-state index is 11.9. The summed E-state index contributed by atoms with van der Waals surface area (Å²) in [6.07, 6.45) is 2.40. The minimum Gasteiger partial charge on any atom is -0.490 e. The summed E-state index contributed by atoms with van der Waals surface area (Å²) in [7, 11) is 1.77. The molecular formula is C18H22O6S. The van der Waals surface area contributed by atoms with E-state index in [0.717, 1.165) is 6.42 Å².